The Morgan fingerprint density at radius 1 is 1.62 bits per heavy atom. The second kappa shape index (κ2) is 5.16. The van der Waals surface area contributed by atoms with Gasteiger partial charge in [0.05, 0.1) is 3.39 Å². The maximum absolute atomic E-state index is 4.00. The maximum Gasteiger partial charge on any atom is 0.0606 e. The van der Waals surface area contributed by atoms with Crippen LogP contribution in [0.15, 0.2) is 33.3 Å². The first-order chi connectivity index (χ1) is 6.09. The Labute approximate surface area is 97.0 Å². The predicted molar refractivity (Wildman–Crippen MR) is 66.2 cm³/mol. The molecular weight excluding hydrogens is 292 g/mol. The van der Waals surface area contributed by atoms with E-state index in [-0.39, 0.29) is 0 Å². The zero-order valence-corrected chi connectivity index (χ0v) is 11.0. The van der Waals surface area contributed by atoms with Gasteiger partial charge in [0.15, 0.2) is 0 Å². The molecule has 0 amide bonds. The first-order valence-corrected chi connectivity index (χ1v) is 6.05. The quantitative estimate of drug-likeness (QED) is 0.635. The largest absolute Gasteiger partial charge is 0.0998 e. The van der Waals surface area contributed by atoms with Crippen molar-refractivity contribution in [3.63, 3.8) is 0 Å². The van der Waals surface area contributed by atoms with Crippen molar-refractivity contribution in [2.45, 2.75) is 26.2 Å². The molecule has 2 heteroatoms. The van der Waals surface area contributed by atoms with E-state index in [4.69, 9.17) is 0 Å². The zero-order valence-electron chi connectivity index (χ0n) is 7.82. The van der Waals surface area contributed by atoms with Gasteiger partial charge in [0.25, 0.3) is 0 Å². The molecule has 0 heterocycles. The van der Waals surface area contributed by atoms with Gasteiger partial charge >= 0.3 is 0 Å². The summed E-state index contributed by atoms with van der Waals surface area (Å²) in [4.78, 5) is 0. The summed E-state index contributed by atoms with van der Waals surface area (Å²) in [5, 5.41) is 0. The van der Waals surface area contributed by atoms with Crippen molar-refractivity contribution in [3.05, 3.63) is 33.3 Å². The molecule has 0 fully saturated rings. The predicted octanol–water partition coefficient (Wildman–Crippen LogP) is 4.92. The Hall–Kier alpha value is 0.180. The van der Waals surface area contributed by atoms with E-state index in [1.807, 2.05) is 0 Å². The van der Waals surface area contributed by atoms with E-state index in [0.717, 1.165) is 16.2 Å². The number of hydrogen-bond donors (Lipinski definition) is 0. The Morgan fingerprint density at radius 2 is 2.31 bits per heavy atom. The van der Waals surface area contributed by atoms with Gasteiger partial charge in [0, 0.05) is 0 Å². The van der Waals surface area contributed by atoms with E-state index in [1.165, 1.54) is 17.6 Å². The molecule has 1 aliphatic rings. The molecule has 0 spiro atoms. The SMILES string of the molecule is C=C(C)[C@@H]1CC=C(C=C(Br)Br)CC1. The van der Waals surface area contributed by atoms with Gasteiger partial charge in [-0.25, -0.2) is 0 Å². The minimum Gasteiger partial charge on any atom is -0.0998 e. The van der Waals surface area contributed by atoms with E-state index in [1.54, 1.807) is 0 Å². The lowest BCUT2D eigenvalue weighted by Crippen LogP contribution is -2.05. The average molecular weight is 306 g/mol. The highest BCUT2D eigenvalue weighted by atomic mass is 79.9. The monoisotopic (exact) mass is 304 g/mol. The molecule has 0 saturated heterocycles. The van der Waals surface area contributed by atoms with E-state index < -0.39 is 0 Å². The molecule has 0 aliphatic heterocycles. The molecule has 0 aromatic rings. The lowest BCUT2D eigenvalue weighted by Gasteiger charge is -2.20. The minimum absolute atomic E-state index is 0.700. The summed E-state index contributed by atoms with van der Waals surface area (Å²) < 4.78 is 1.03. The zero-order chi connectivity index (χ0) is 9.84. The molecule has 0 nitrogen and oxygen atoms in total. The van der Waals surface area contributed by atoms with Crippen LogP contribution in [0.1, 0.15) is 26.2 Å². The van der Waals surface area contributed by atoms with Gasteiger partial charge in [-0.1, -0.05) is 23.8 Å². The summed E-state index contributed by atoms with van der Waals surface area (Å²) in [5.41, 5.74) is 2.73. The molecule has 0 unspecified atom stereocenters. The molecule has 1 rings (SSSR count). The topological polar surface area (TPSA) is 0 Å². The van der Waals surface area contributed by atoms with Crippen molar-refractivity contribution in [1.29, 1.82) is 0 Å². The molecular formula is C11H14Br2. The van der Waals surface area contributed by atoms with Crippen molar-refractivity contribution in [3.8, 4) is 0 Å². The van der Waals surface area contributed by atoms with Gasteiger partial charge in [-0.2, -0.15) is 0 Å². The van der Waals surface area contributed by atoms with E-state index in [9.17, 15) is 0 Å². The van der Waals surface area contributed by atoms with Crippen molar-refractivity contribution in [1.82, 2.24) is 0 Å². The van der Waals surface area contributed by atoms with Crippen LogP contribution in [0.2, 0.25) is 0 Å². The number of rotatable bonds is 2. The highest BCUT2D eigenvalue weighted by Crippen LogP contribution is 2.30. The second-order valence-electron chi connectivity index (χ2n) is 3.53. The Balaban J connectivity index is 2.58. The summed E-state index contributed by atoms with van der Waals surface area (Å²) in [5.74, 6) is 0.700. The molecule has 0 radical (unpaired) electrons. The highest BCUT2D eigenvalue weighted by molar-refractivity contribution is 9.28. The molecule has 0 bridgehead atoms. The lowest BCUT2D eigenvalue weighted by atomic mass is 9.86. The third kappa shape index (κ3) is 3.82. The van der Waals surface area contributed by atoms with Crippen LogP contribution < -0.4 is 0 Å². The molecule has 1 atom stereocenters. The smallest absolute Gasteiger partial charge is 0.0606 e. The van der Waals surface area contributed by atoms with Crippen molar-refractivity contribution >= 4 is 31.9 Å². The second-order valence-corrected chi connectivity index (χ2v) is 6.30. The molecule has 0 saturated carbocycles. The van der Waals surface area contributed by atoms with E-state index >= 15 is 0 Å². The van der Waals surface area contributed by atoms with E-state index in [2.05, 4.69) is 57.5 Å². The van der Waals surface area contributed by atoms with Crippen molar-refractivity contribution in [2.24, 2.45) is 5.92 Å². The average Bonchev–Trinajstić information content (AvgIpc) is 2.04. The normalized spacial score (nSPS) is 22.1. The van der Waals surface area contributed by atoms with Crippen LogP contribution in [0, 0.1) is 5.92 Å². The first kappa shape index (κ1) is 11.3. The van der Waals surface area contributed by atoms with Crippen LogP contribution in [-0.2, 0) is 0 Å². The summed E-state index contributed by atoms with van der Waals surface area (Å²) in [6.07, 6.45) is 8.00. The van der Waals surface area contributed by atoms with Crippen LogP contribution in [0.25, 0.3) is 0 Å². The molecule has 72 valence electrons. The molecule has 0 N–H and O–H groups in total. The Bertz CT molecular complexity index is 257. The van der Waals surface area contributed by atoms with Gasteiger partial charge in [-0.3, -0.25) is 0 Å². The molecule has 0 aromatic heterocycles. The summed E-state index contributed by atoms with van der Waals surface area (Å²) >= 11 is 6.75. The Morgan fingerprint density at radius 3 is 2.69 bits per heavy atom. The van der Waals surface area contributed by atoms with E-state index in [0.29, 0.717) is 5.92 Å². The van der Waals surface area contributed by atoms with Crippen molar-refractivity contribution < 1.29 is 0 Å². The fourth-order valence-electron chi connectivity index (χ4n) is 1.57. The van der Waals surface area contributed by atoms with Gasteiger partial charge in [0.1, 0.15) is 0 Å². The maximum atomic E-state index is 4.00. The summed E-state index contributed by atoms with van der Waals surface area (Å²) in [7, 11) is 0. The van der Waals surface area contributed by atoms with Crippen LogP contribution in [0.3, 0.4) is 0 Å². The molecule has 13 heavy (non-hydrogen) atoms. The fraction of sp³-hybridized carbons (Fsp3) is 0.455. The van der Waals surface area contributed by atoms with Gasteiger partial charge < -0.3 is 0 Å². The van der Waals surface area contributed by atoms with Crippen LogP contribution in [0.5, 0.6) is 0 Å². The summed E-state index contributed by atoms with van der Waals surface area (Å²) in [6, 6.07) is 0. The minimum atomic E-state index is 0.700. The highest BCUT2D eigenvalue weighted by Gasteiger charge is 2.13. The van der Waals surface area contributed by atoms with Crippen LogP contribution >= 0.6 is 31.9 Å². The number of allylic oxidation sites excluding steroid dienone is 4. The first-order valence-electron chi connectivity index (χ1n) is 4.46. The van der Waals surface area contributed by atoms with Crippen LogP contribution in [0.4, 0.5) is 0 Å². The molecule has 0 aromatic carbocycles. The van der Waals surface area contributed by atoms with Gasteiger partial charge in [-0.05, 0) is 70.0 Å². The summed E-state index contributed by atoms with van der Waals surface area (Å²) in [6.45, 7) is 6.13. The van der Waals surface area contributed by atoms with Crippen LogP contribution in [-0.4, -0.2) is 0 Å². The van der Waals surface area contributed by atoms with Crippen molar-refractivity contribution in [2.75, 3.05) is 0 Å². The standard InChI is InChI=1S/C11H14Br2/c1-8(2)10-5-3-9(4-6-10)7-11(12)13/h3,7,10H,1,4-6H2,2H3/t10-/m1/s1. The number of halogens is 2. The number of hydrogen-bond acceptors (Lipinski definition) is 0. The lowest BCUT2D eigenvalue weighted by molar-refractivity contribution is 0.545. The third-order valence-corrected chi connectivity index (χ3v) is 2.90. The Kier molecular flexibility index (Phi) is 4.47. The molecule has 1 aliphatic carbocycles. The fourth-order valence-corrected chi connectivity index (χ4v) is 2.16. The van der Waals surface area contributed by atoms with Gasteiger partial charge in [-0.15, -0.1) is 0 Å². The third-order valence-electron chi connectivity index (χ3n) is 2.44. The van der Waals surface area contributed by atoms with Gasteiger partial charge in [0.2, 0.25) is 0 Å².